The Balaban J connectivity index is 2.00. The smallest absolute Gasteiger partial charge is 0.237 e. The molecule has 2 heterocycles. The van der Waals surface area contributed by atoms with Crippen molar-refractivity contribution in [2.24, 2.45) is 0 Å². The quantitative estimate of drug-likeness (QED) is 0.773. The lowest BCUT2D eigenvalue weighted by Crippen LogP contribution is -2.53. The molecular weight excluding hydrogens is 226 g/mol. The molecule has 1 aromatic heterocycles. The summed E-state index contributed by atoms with van der Waals surface area (Å²) in [6.07, 6.45) is 0. The topological polar surface area (TPSA) is 70.2 Å². The Morgan fingerprint density at radius 2 is 2.44 bits per heavy atom. The van der Waals surface area contributed by atoms with Crippen LogP contribution in [0.3, 0.4) is 0 Å². The molecule has 1 amide bonds. The average Bonchev–Trinajstić information content (AvgIpc) is 2.73. The minimum atomic E-state index is -0.0873. The zero-order chi connectivity index (χ0) is 11.5. The van der Waals surface area contributed by atoms with Gasteiger partial charge in [0.25, 0.3) is 0 Å². The van der Waals surface area contributed by atoms with Crippen molar-refractivity contribution in [3.8, 4) is 0 Å². The molecule has 0 bridgehead atoms. The van der Waals surface area contributed by atoms with Crippen molar-refractivity contribution in [2.75, 3.05) is 25.5 Å². The lowest BCUT2D eigenvalue weighted by atomic mass is 10.2. The second kappa shape index (κ2) is 4.75. The zero-order valence-electron chi connectivity index (χ0n) is 9.36. The van der Waals surface area contributed by atoms with Crippen LogP contribution in [0.2, 0.25) is 0 Å². The van der Waals surface area contributed by atoms with Crippen LogP contribution in [0.4, 0.5) is 5.13 Å². The second-order valence-corrected chi connectivity index (χ2v) is 4.75. The SMILES string of the molecule is CNc1nnc(CN2CCNC(=O)C2C)s1. The maximum absolute atomic E-state index is 11.5. The van der Waals surface area contributed by atoms with Gasteiger partial charge in [-0.1, -0.05) is 11.3 Å². The van der Waals surface area contributed by atoms with E-state index in [0.717, 1.165) is 16.7 Å². The Labute approximate surface area is 98.0 Å². The minimum Gasteiger partial charge on any atom is -0.363 e. The van der Waals surface area contributed by atoms with E-state index in [0.29, 0.717) is 13.1 Å². The molecule has 0 radical (unpaired) electrons. The third kappa shape index (κ3) is 2.30. The van der Waals surface area contributed by atoms with Crippen molar-refractivity contribution >= 4 is 22.4 Å². The summed E-state index contributed by atoms with van der Waals surface area (Å²) in [6.45, 7) is 4.17. The van der Waals surface area contributed by atoms with Crippen molar-refractivity contribution in [3.63, 3.8) is 0 Å². The maximum Gasteiger partial charge on any atom is 0.237 e. The van der Waals surface area contributed by atoms with E-state index in [4.69, 9.17) is 0 Å². The van der Waals surface area contributed by atoms with Gasteiger partial charge in [-0.3, -0.25) is 9.69 Å². The van der Waals surface area contributed by atoms with Gasteiger partial charge in [-0.05, 0) is 6.92 Å². The summed E-state index contributed by atoms with van der Waals surface area (Å²) in [4.78, 5) is 13.6. The number of piperazine rings is 1. The van der Waals surface area contributed by atoms with Crippen LogP contribution in [-0.4, -0.2) is 47.2 Å². The molecule has 0 saturated carbocycles. The minimum absolute atomic E-state index is 0.0873. The Kier molecular flexibility index (Phi) is 3.35. The molecule has 1 atom stereocenters. The van der Waals surface area contributed by atoms with E-state index in [-0.39, 0.29) is 11.9 Å². The maximum atomic E-state index is 11.5. The molecular formula is C9H15N5OS. The van der Waals surface area contributed by atoms with Gasteiger partial charge in [-0.15, -0.1) is 10.2 Å². The van der Waals surface area contributed by atoms with Crippen LogP contribution < -0.4 is 10.6 Å². The molecule has 2 N–H and O–H groups in total. The molecule has 1 aliphatic heterocycles. The van der Waals surface area contributed by atoms with Gasteiger partial charge in [0, 0.05) is 20.1 Å². The van der Waals surface area contributed by atoms with Gasteiger partial charge in [0.2, 0.25) is 11.0 Å². The van der Waals surface area contributed by atoms with Crippen LogP contribution in [0.5, 0.6) is 0 Å². The van der Waals surface area contributed by atoms with E-state index in [2.05, 4.69) is 25.7 Å². The van der Waals surface area contributed by atoms with E-state index in [1.54, 1.807) is 0 Å². The molecule has 88 valence electrons. The molecule has 1 aromatic rings. The Hall–Kier alpha value is -1.21. The number of rotatable bonds is 3. The van der Waals surface area contributed by atoms with Crippen LogP contribution in [0.1, 0.15) is 11.9 Å². The number of aromatic nitrogens is 2. The van der Waals surface area contributed by atoms with Crippen LogP contribution in [-0.2, 0) is 11.3 Å². The highest BCUT2D eigenvalue weighted by Crippen LogP contribution is 2.17. The first kappa shape index (κ1) is 11.3. The monoisotopic (exact) mass is 241 g/mol. The molecule has 2 rings (SSSR count). The number of anilines is 1. The van der Waals surface area contributed by atoms with Gasteiger partial charge in [-0.2, -0.15) is 0 Å². The summed E-state index contributed by atoms with van der Waals surface area (Å²) in [6, 6.07) is -0.0873. The van der Waals surface area contributed by atoms with Gasteiger partial charge in [-0.25, -0.2) is 0 Å². The molecule has 0 aromatic carbocycles. The van der Waals surface area contributed by atoms with Crippen molar-refractivity contribution < 1.29 is 4.79 Å². The van der Waals surface area contributed by atoms with Crippen LogP contribution >= 0.6 is 11.3 Å². The van der Waals surface area contributed by atoms with Crippen molar-refractivity contribution in [3.05, 3.63) is 5.01 Å². The standard InChI is InChI=1S/C9H15N5OS/c1-6-8(15)11-3-4-14(6)5-7-12-13-9(10-2)16-7/h6H,3-5H2,1-2H3,(H,10,13)(H,11,15). The zero-order valence-corrected chi connectivity index (χ0v) is 10.2. The molecule has 1 aliphatic rings. The molecule has 1 saturated heterocycles. The predicted molar refractivity (Wildman–Crippen MR) is 62.3 cm³/mol. The van der Waals surface area contributed by atoms with Gasteiger partial charge in [0.15, 0.2) is 0 Å². The second-order valence-electron chi connectivity index (χ2n) is 3.69. The molecule has 0 spiro atoms. The van der Waals surface area contributed by atoms with E-state index in [1.165, 1.54) is 11.3 Å². The molecule has 1 unspecified atom stereocenters. The first-order valence-corrected chi connectivity index (χ1v) is 6.04. The number of hydrogen-bond donors (Lipinski definition) is 2. The summed E-state index contributed by atoms with van der Waals surface area (Å²) < 4.78 is 0. The lowest BCUT2D eigenvalue weighted by molar-refractivity contribution is -0.128. The van der Waals surface area contributed by atoms with E-state index < -0.39 is 0 Å². The predicted octanol–water partition coefficient (Wildman–Crippen LogP) is -0.0999. The van der Waals surface area contributed by atoms with Crippen molar-refractivity contribution in [1.29, 1.82) is 0 Å². The largest absolute Gasteiger partial charge is 0.363 e. The number of nitrogens with zero attached hydrogens (tertiary/aromatic N) is 3. The highest BCUT2D eigenvalue weighted by Gasteiger charge is 2.26. The number of amides is 1. The highest BCUT2D eigenvalue weighted by atomic mass is 32.1. The molecule has 0 aliphatic carbocycles. The number of carbonyl (C=O) groups is 1. The average molecular weight is 241 g/mol. The van der Waals surface area contributed by atoms with Crippen molar-refractivity contribution in [2.45, 2.75) is 19.5 Å². The normalized spacial score (nSPS) is 21.9. The summed E-state index contributed by atoms with van der Waals surface area (Å²) in [5, 5.41) is 15.6. The van der Waals surface area contributed by atoms with E-state index >= 15 is 0 Å². The highest BCUT2D eigenvalue weighted by molar-refractivity contribution is 7.15. The van der Waals surface area contributed by atoms with Crippen LogP contribution in [0, 0.1) is 0 Å². The Morgan fingerprint density at radius 3 is 3.12 bits per heavy atom. The molecule has 1 fully saturated rings. The van der Waals surface area contributed by atoms with Crippen LogP contribution in [0.15, 0.2) is 0 Å². The molecule has 7 heteroatoms. The van der Waals surface area contributed by atoms with E-state index in [9.17, 15) is 4.79 Å². The molecule has 16 heavy (non-hydrogen) atoms. The number of hydrogen-bond acceptors (Lipinski definition) is 6. The number of carbonyl (C=O) groups excluding carboxylic acids is 1. The fraction of sp³-hybridized carbons (Fsp3) is 0.667. The Bertz CT molecular complexity index is 380. The fourth-order valence-corrected chi connectivity index (χ4v) is 2.36. The summed E-state index contributed by atoms with van der Waals surface area (Å²) in [5.41, 5.74) is 0. The third-order valence-corrected chi connectivity index (χ3v) is 3.57. The van der Waals surface area contributed by atoms with E-state index in [1.807, 2.05) is 14.0 Å². The summed E-state index contributed by atoms with van der Waals surface area (Å²) in [7, 11) is 1.82. The lowest BCUT2D eigenvalue weighted by Gasteiger charge is -2.31. The Morgan fingerprint density at radius 1 is 1.62 bits per heavy atom. The molecule has 6 nitrogen and oxygen atoms in total. The van der Waals surface area contributed by atoms with Gasteiger partial charge in [0.1, 0.15) is 5.01 Å². The number of nitrogens with one attached hydrogen (secondary N) is 2. The first-order chi connectivity index (χ1) is 7.70. The van der Waals surface area contributed by atoms with Crippen LogP contribution in [0.25, 0.3) is 0 Å². The van der Waals surface area contributed by atoms with Gasteiger partial charge in [0.05, 0.1) is 12.6 Å². The third-order valence-electron chi connectivity index (χ3n) is 2.64. The van der Waals surface area contributed by atoms with Gasteiger partial charge < -0.3 is 10.6 Å². The fourth-order valence-electron chi connectivity index (χ4n) is 1.64. The summed E-state index contributed by atoms with van der Waals surface area (Å²) in [5.74, 6) is 0.0876. The first-order valence-electron chi connectivity index (χ1n) is 5.22. The summed E-state index contributed by atoms with van der Waals surface area (Å²) >= 11 is 1.52. The van der Waals surface area contributed by atoms with Gasteiger partial charge >= 0.3 is 0 Å². The van der Waals surface area contributed by atoms with Crippen molar-refractivity contribution in [1.82, 2.24) is 20.4 Å².